The van der Waals surface area contributed by atoms with Crippen molar-refractivity contribution >= 4 is 11.3 Å². The van der Waals surface area contributed by atoms with Crippen LogP contribution >= 0.6 is 11.3 Å². The van der Waals surface area contributed by atoms with E-state index in [1.165, 1.54) is 29.0 Å². The van der Waals surface area contributed by atoms with Gasteiger partial charge in [-0.15, -0.1) is 11.3 Å². The number of aryl methyl sites for hydroxylation is 1. The highest BCUT2D eigenvalue weighted by molar-refractivity contribution is 7.12. The second-order valence-electron chi connectivity index (χ2n) is 4.51. The molecule has 16 heavy (non-hydrogen) atoms. The summed E-state index contributed by atoms with van der Waals surface area (Å²) < 4.78 is 5.80. The molecule has 1 aliphatic heterocycles. The molecule has 1 aromatic rings. The minimum absolute atomic E-state index is 0.452. The van der Waals surface area contributed by atoms with Crippen molar-refractivity contribution in [1.82, 2.24) is 5.32 Å². The first-order valence-corrected chi connectivity index (χ1v) is 6.96. The molecule has 0 aromatic carbocycles. The van der Waals surface area contributed by atoms with E-state index in [4.69, 9.17) is 4.74 Å². The Morgan fingerprint density at radius 1 is 1.50 bits per heavy atom. The Morgan fingerprint density at radius 3 is 2.94 bits per heavy atom. The van der Waals surface area contributed by atoms with Crippen molar-refractivity contribution < 1.29 is 4.74 Å². The zero-order valence-corrected chi connectivity index (χ0v) is 11.0. The van der Waals surface area contributed by atoms with Gasteiger partial charge in [-0.1, -0.05) is 0 Å². The minimum atomic E-state index is 0.452. The average molecular weight is 239 g/mol. The summed E-state index contributed by atoms with van der Waals surface area (Å²) >= 11 is 1.89. The molecule has 0 aliphatic carbocycles. The molecule has 0 spiro atoms. The molecule has 2 rings (SSSR count). The highest BCUT2D eigenvalue weighted by Gasteiger charge is 2.20. The lowest BCUT2D eigenvalue weighted by atomic mass is 10.0. The molecule has 2 nitrogen and oxygen atoms in total. The van der Waals surface area contributed by atoms with Gasteiger partial charge in [0.25, 0.3) is 0 Å². The molecule has 1 saturated heterocycles. The van der Waals surface area contributed by atoms with E-state index in [9.17, 15) is 0 Å². The number of rotatable bonds is 4. The van der Waals surface area contributed by atoms with Crippen LogP contribution in [0.5, 0.6) is 0 Å². The smallest absolute Gasteiger partial charge is 0.0593 e. The van der Waals surface area contributed by atoms with Crippen LogP contribution in [-0.2, 0) is 4.74 Å². The summed E-state index contributed by atoms with van der Waals surface area (Å²) in [6, 6.07) is 4.90. The molecule has 1 fully saturated rings. The summed E-state index contributed by atoms with van der Waals surface area (Å²) in [6.07, 6.45) is 5.34. The first-order valence-electron chi connectivity index (χ1n) is 6.15. The van der Waals surface area contributed by atoms with Gasteiger partial charge in [-0.2, -0.15) is 0 Å². The fraction of sp³-hybridized carbons (Fsp3) is 0.692. The number of ether oxygens (including phenoxy) is 1. The van der Waals surface area contributed by atoms with Crippen LogP contribution in [0.25, 0.3) is 0 Å². The Labute approximate surface area is 102 Å². The molecule has 2 heterocycles. The van der Waals surface area contributed by atoms with Gasteiger partial charge in [0.2, 0.25) is 0 Å². The zero-order valence-electron chi connectivity index (χ0n) is 10.2. The lowest BCUT2D eigenvalue weighted by Gasteiger charge is -2.26. The van der Waals surface area contributed by atoms with Crippen molar-refractivity contribution in [2.75, 3.05) is 13.7 Å². The topological polar surface area (TPSA) is 21.3 Å². The summed E-state index contributed by atoms with van der Waals surface area (Å²) in [7, 11) is 2.04. The van der Waals surface area contributed by atoms with Gasteiger partial charge in [-0.3, -0.25) is 0 Å². The standard InChI is InChI=1S/C13H21NOS/c1-10-6-7-13(16-10)12(14-2)9-11-5-3-4-8-15-11/h6-7,11-12,14H,3-5,8-9H2,1-2H3. The fourth-order valence-electron chi connectivity index (χ4n) is 2.27. The van der Waals surface area contributed by atoms with Crippen molar-refractivity contribution in [3.8, 4) is 0 Å². The SMILES string of the molecule is CNC(CC1CCCCO1)c1ccc(C)s1. The van der Waals surface area contributed by atoms with Gasteiger partial charge in [0.1, 0.15) is 0 Å². The maximum atomic E-state index is 5.80. The summed E-state index contributed by atoms with van der Waals surface area (Å²) in [5.74, 6) is 0. The van der Waals surface area contributed by atoms with Gasteiger partial charge < -0.3 is 10.1 Å². The second-order valence-corrected chi connectivity index (χ2v) is 5.83. The van der Waals surface area contributed by atoms with Crippen molar-refractivity contribution in [3.63, 3.8) is 0 Å². The maximum absolute atomic E-state index is 5.80. The first-order chi connectivity index (χ1) is 7.79. The highest BCUT2D eigenvalue weighted by Crippen LogP contribution is 2.28. The van der Waals surface area contributed by atoms with Crippen molar-refractivity contribution in [3.05, 3.63) is 21.9 Å². The molecule has 0 amide bonds. The maximum Gasteiger partial charge on any atom is 0.0593 e. The largest absolute Gasteiger partial charge is 0.378 e. The highest BCUT2D eigenvalue weighted by atomic mass is 32.1. The fourth-order valence-corrected chi connectivity index (χ4v) is 3.27. The summed E-state index contributed by atoms with van der Waals surface area (Å²) in [5.41, 5.74) is 0. The van der Waals surface area contributed by atoms with Crippen LogP contribution in [-0.4, -0.2) is 19.8 Å². The van der Waals surface area contributed by atoms with Gasteiger partial charge in [-0.05, 0) is 51.8 Å². The van der Waals surface area contributed by atoms with Crippen LogP contribution in [0, 0.1) is 6.92 Å². The Bertz CT molecular complexity index is 317. The summed E-state index contributed by atoms with van der Waals surface area (Å²) in [4.78, 5) is 2.83. The first kappa shape index (κ1) is 12.1. The van der Waals surface area contributed by atoms with E-state index in [0.717, 1.165) is 13.0 Å². The van der Waals surface area contributed by atoms with E-state index in [0.29, 0.717) is 12.1 Å². The average Bonchev–Trinajstić information content (AvgIpc) is 2.74. The predicted octanol–water partition coefficient (Wildman–Crippen LogP) is 3.28. The van der Waals surface area contributed by atoms with Crippen LogP contribution in [0.1, 0.15) is 41.5 Å². The second kappa shape index (κ2) is 5.80. The monoisotopic (exact) mass is 239 g/mol. The van der Waals surface area contributed by atoms with Crippen LogP contribution in [0.15, 0.2) is 12.1 Å². The lowest BCUT2D eigenvalue weighted by Crippen LogP contribution is -2.26. The molecule has 0 saturated carbocycles. The Hall–Kier alpha value is -0.380. The third kappa shape index (κ3) is 3.06. The van der Waals surface area contributed by atoms with Crippen LogP contribution in [0.2, 0.25) is 0 Å². The number of nitrogens with one attached hydrogen (secondary N) is 1. The predicted molar refractivity (Wildman–Crippen MR) is 69.1 cm³/mol. The molecular formula is C13H21NOS. The van der Waals surface area contributed by atoms with Crippen molar-refractivity contribution in [2.45, 2.75) is 44.8 Å². The molecule has 0 bridgehead atoms. The van der Waals surface area contributed by atoms with Gasteiger partial charge in [0, 0.05) is 22.4 Å². The van der Waals surface area contributed by atoms with E-state index >= 15 is 0 Å². The third-order valence-corrected chi connectivity index (χ3v) is 4.34. The van der Waals surface area contributed by atoms with Gasteiger partial charge in [0.15, 0.2) is 0 Å². The molecule has 2 unspecified atom stereocenters. The van der Waals surface area contributed by atoms with E-state index in [2.05, 4.69) is 24.4 Å². The molecule has 0 radical (unpaired) electrons. The zero-order chi connectivity index (χ0) is 11.4. The van der Waals surface area contributed by atoms with Gasteiger partial charge in [0.05, 0.1) is 6.10 Å². The van der Waals surface area contributed by atoms with Crippen molar-refractivity contribution in [2.24, 2.45) is 0 Å². The van der Waals surface area contributed by atoms with Crippen LogP contribution in [0.4, 0.5) is 0 Å². The van der Waals surface area contributed by atoms with Gasteiger partial charge in [-0.25, -0.2) is 0 Å². The Kier molecular flexibility index (Phi) is 4.38. The Morgan fingerprint density at radius 2 is 2.38 bits per heavy atom. The molecular weight excluding hydrogens is 218 g/mol. The summed E-state index contributed by atoms with van der Waals surface area (Å²) in [5, 5.41) is 3.41. The summed E-state index contributed by atoms with van der Waals surface area (Å²) in [6.45, 7) is 3.11. The molecule has 1 aliphatic rings. The van der Waals surface area contributed by atoms with E-state index in [1.54, 1.807) is 0 Å². The normalized spacial score (nSPS) is 23.2. The number of thiophene rings is 1. The van der Waals surface area contributed by atoms with Crippen LogP contribution < -0.4 is 5.32 Å². The molecule has 1 aromatic heterocycles. The molecule has 1 N–H and O–H groups in total. The number of hydrogen-bond donors (Lipinski definition) is 1. The van der Waals surface area contributed by atoms with E-state index in [1.807, 2.05) is 18.4 Å². The third-order valence-electron chi connectivity index (χ3n) is 3.23. The molecule has 90 valence electrons. The van der Waals surface area contributed by atoms with E-state index in [-0.39, 0.29) is 0 Å². The van der Waals surface area contributed by atoms with E-state index < -0.39 is 0 Å². The number of hydrogen-bond acceptors (Lipinski definition) is 3. The molecule has 3 heteroatoms. The lowest BCUT2D eigenvalue weighted by molar-refractivity contribution is 0.00569. The van der Waals surface area contributed by atoms with Crippen molar-refractivity contribution in [1.29, 1.82) is 0 Å². The quantitative estimate of drug-likeness (QED) is 0.870. The minimum Gasteiger partial charge on any atom is -0.378 e. The van der Waals surface area contributed by atoms with Gasteiger partial charge >= 0.3 is 0 Å². The van der Waals surface area contributed by atoms with Crippen LogP contribution in [0.3, 0.4) is 0 Å². The molecule has 2 atom stereocenters. The Balaban J connectivity index is 1.94.